The second-order valence-corrected chi connectivity index (χ2v) is 6.66. The molecule has 1 heterocycles. The van der Waals surface area contributed by atoms with E-state index < -0.39 is 0 Å². The molecule has 2 rings (SSSR count). The van der Waals surface area contributed by atoms with E-state index in [-0.39, 0.29) is 0 Å². The average Bonchev–Trinajstić information content (AvgIpc) is 2.89. The fourth-order valence-corrected chi connectivity index (χ4v) is 3.50. The van der Waals surface area contributed by atoms with Gasteiger partial charge in [0.1, 0.15) is 0 Å². The van der Waals surface area contributed by atoms with E-state index in [1.54, 1.807) is 0 Å². The normalized spacial score (nSPS) is 20.9. The Bertz CT molecular complexity index is 441. The van der Waals surface area contributed by atoms with Crippen molar-refractivity contribution in [1.82, 2.24) is 10.2 Å². The summed E-state index contributed by atoms with van der Waals surface area (Å²) in [6.45, 7) is 13.7. The van der Waals surface area contributed by atoms with Crippen LogP contribution in [-0.2, 0) is 0 Å². The summed E-state index contributed by atoms with van der Waals surface area (Å²) in [6, 6.07) is 7.39. The van der Waals surface area contributed by atoms with Crippen LogP contribution in [0.4, 0.5) is 0 Å². The topological polar surface area (TPSA) is 15.3 Å². The first-order valence-electron chi connectivity index (χ1n) is 8.66. The van der Waals surface area contributed by atoms with E-state index in [1.165, 1.54) is 49.0 Å². The Kier molecular flexibility index (Phi) is 6.25. The number of nitrogens with one attached hydrogen (secondary N) is 1. The molecule has 0 aliphatic carbocycles. The Hall–Kier alpha value is -0.860. The number of hydrogen-bond donors (Lipinski definition) is 1. The molecule has 1 aliphatic heterocycles. The van der Waals surface area contributed by atoms with E-state index in [2.05, 4.69) is 56.1 Å². The Morgan fingerprint density at radius 3 is 2.71 bits per heavy atom. The molecule has 2 nitrogen and oxygen atoms in total. The monoisotopic (exact) mass is 288 g/mol. The standard InChI is InChI=1S/C19H32N2/c1-5-7-17-10-11-21(13-17)14-19(20-6-2)18-9-8-15(3)16(4)12-18/h8-9,12,17,19-20H,5-7,10-11,13-14H2,1-4H3. The number of likely N-dealkylation sites (tertiary alicyclic amines) is 1. The van der Waals surface area contributed by atoms with Crippen LogP contribution in [0.5, 0.6) is 0 Å². The third-order valence-corrected chi connectivity index (χ3v) is 4.89. The predicted molar refractivity (Wildman–Crippen MR) is 91.8 cm³/mol. The first-order valence-corrected chi connectivity index (χ1v) is 8.66. The van der Waals surface area contributed by atoms with Gasteiger partial charge in [-0.15, -0.1) is 0 Å². The van der Waals surface area contributed by atoms with Crippen molar-refractivity contribution in [3.8, 4) is 0 Å². The number of nitrogens with zero attached hydrogens (tertiary/aromatic N) is 1. The maximum atomic E-state index is 3.68. The van der Waals surface area contributed by atoms with Crippen LogP contribution in [-0.4, -0.2) is 31.1 Å². The smallest absolute Gasteiger partial charge is 0.0449 e. The molecule has 1 saturated heterocycles. The highest BCUT2D eigenvalue weighted by molar-refractivity contribution is 5.32. The predicted octanol–water partition coefficient (Wildman–Crippen LogP) is 4.08. The van der Waals surface area contributed by atoms with Gasteiger partial charge < -0.3 is 10.2 Å². The Morgan fingerprint density at radius 2 is 2.05 bits per heavy atom. The molecular formula is C19H32N2. The molecular weight excluding hydrogens is 256 g/mol. The summed E-state index contributed by atoms with van der Waals surface area (Å²) in [5.41, 5.74) is 4.23. The Labute approximate surface area is 130 Å². The summed E-state index contributed by atoms with van der Waals surface area (Å²) >= 11 is 0. The minimum absolute atomic E-state index is 0.467. The molecule has 0 radical (unpaired) electrons. The zero-order valence-electron chi connectivity index (χ0n) is 14.3. The van der Waals surface area contributed by atoms with Crippen LogP contribution < -0.4 is 5.32 Å². The zero-order valence-corrected chi connectivity index (χ0v) is 14.3. The van der Waals surface area contributed by atoms with Crippen molar-refractivity contribution in [2.75, 3.05) is 26.2 Å². The first-order chi connectivity index (χ1) is 10.1. The van der Waals surface area contributed by atoms with Gasteiger partial charge in [0.25, 0.3) is 0 Å². The lowest BCUT2D eigenvalue weighted by molar-refractivity contribution is 0.281. The molecule has 1 aliphatic rings. The lowest BCUT2D eigenvalue weighted by Gasteiger charge is -2.25. The van der Waals surface area contributed by atoms with Crippen molar-refractivity contribution in [1.29, 1.82) is 0 Å². The van der Waals surface area contributed by atoms with Gasteiger partial charge in [-0.25, -0.2) is 0 Å². The van der Waals surface area contributed by atoms with Crippen molar-refractivity contribution < 1.29 is 0 Å². The van der Waals surface area contributed by atoms with Crippen molar-refractivity contribution in [2.45, 2.75) is 53.0 Å². The molecule has 0 aromatic heterocycles. The molecule has 0 bridgehead atoms. The van der Waals surface area contributed by atoms with Crippen molar-refractivity contribution in [3.63, 3.8) is 0 Å². The molecule has 2 unspecified atom stereocenters. The summed E-state index contributed by atoms with van der Waals surface area (Å²) in [5.74, 6) is 0.928. The fourth-order valence-electron chi connectivity index (χ4n) is 3.50. The van der Waals surface area contributed by atoms with Crippen LogP contribution in [0.15, 0.2) is 18.2 Å². The number of aryl methyl sites for hydroxylation is 2. The number of rotatable bonds is 7. The molecule has 1 aromatic carbocycles. The van der Waals surface area contributed by atoms with Gasteiger partial charge in [0, 0.05) is 19.1 Å². The Morgan fingerprint density at radius 1 is 1.24 bits per heavy atom. The highest BCUT2D eigenvalue weighted by Crippen LogP contribution is 2.24. The van der Waals surface area contributed by atoms with Gasteiger partial charge in [-0.05, 0) is 62.4 Å². The summed E-state index contributed by atoms with van der Waals surface area (Å²) in [4.78, 5) is 2.66. The van der Waals surface area contributed by atoms with Gasteiger partial charge in [-0.2, -0.15) is 0 Å². The highest BCUT2D eigenvalue weighted by Gasteiger charge is 2.24. The van der Waals surface area contributed by atoms with Gasteiger partial charge in [-0.1, -0.05) is 38.5 Å². The van der Waals surface area contributed by atoms with Crippen molar-refractivity contribution in [2.24, 2.45) is 5.92 Å². The minimum atomic E-state index is 0.467. The zero-order chi connectivity index (χ0) is 15.2. The molecule has 1 fully saturated rings. The van der Waals surface area contributed by atoms with Gasteiger partial charge in [0.2, 0.25) is 0 Å². The van der Waals surface area contributed by atoms with Crippen LogP contribution in [0.1, 0.15) is 55.8 Å². The largest absolute Gasteiger partial charge is 0.309 e. The summed E-state index contributed by atoms with van der Waals surface area (Å²) in [7, 11) is 0. The van der Waals surface area contributed by atoms with Crippen LogP contribution in [0.2, 0.25) is 0 Å². The van der Waals surface area contributed by atoms with Crippen LogP contribution in [0, 0.1) is 19.8 Å². The van der Waals surface area contributed by atoms with E-state index in [4.69, 9.17) is 0 Å². The molecule has 21 heavy (non-hydrogen) atoms. The second kappa shape index (κ2) is 7.95. The van der Waals surface area contributed by atoms with E-state index in [0.717, 1.165) is 19.0 Å². The number of likely N-dealkylation sites (N-methyl/N-ethyl adjacent to an activating group) is 1. The molecule has 118 valence electrons. The van der Waals surface area contributed by atoms with Crippen LogP contribution >= 0.6 is 0 Å². The van der Waals surface area contributed by atoms with Crippen LogP contribution in [0.25, 0.3) is 0 Å². The highest BCUT2D eigenvalue weighted by atomic mass is 15.2. The van der Waals surface area contributed by atoms with E-state index in [0.29, 0.717) is 6.04 Å². The number of hydrogen-bond acceptors (Lipinski definition) is 2. The lowest BCUT2D eigenvalue weighted by Crippen LogP contribution is -2.34. The molecule has 0 amide bonds. The van der Waals surface area contributed by atoms with Gasteiger partial charge in [0.15, 0.2) is 0 Å². The summed E-state index contributed by atoms with van der Waals surface area (Å²) in [6.07, 6.45) is 4.11. The Balaban J connectivity index is 2.00. The maximum Gasteiger partial charge on any atom is 0.0449 e. The molecule has 0 spiro atoms. The molecule has 1 N–H and O–H groups in total. The quantitative estimate of drug-likeness (QED) is 0.813. The van der Waals surface area contributed by atoms with E-state index in [1.807, 2.05) is 0 Å². The first kappa shape index (κ1) is 16.5. The van der Waals surface area contributed by atoms with E-state index >= 15 is 0 Å². The molecule has 1 aromatic rings. The SMILES string of the molecule is CCCC1CCN(CC(NCC)c2ccc(C)c(C)c2)C1. The third-order valence-electron chi connectivity index (χ3n) is 4.89. The van der Waals surface area contributed by atoms with E-state index in [9.17, 15) is 0 Å². The number of benzene rings is 1. The third kappa shape index (κ3) is 4.55. The lowest BCUT2D eigenvalue weighted by atomic mass is 10.0. The molecule has 0 saturated carbocycles. The van der Waals surface area contributed by atoms with Crippen LogP contribution in [0.3, 0.4) is 0 Å². The fraction of sp³-hybridized carbons (Fsp3) is 0.684. The van der Waals surface area contributed by atoms with Crippen molar-refractivity contribution >= 4 is 0 Å². The van der Waals surface area contributed by atoms with Gasteiger partial charge in [-0.3, -0.25) is 0 Å². The van der Waals surface area contributed by atoms with Gasteiger partial charge in [0.05, 0.1) is 0 Å². The second-order valence-electron chi connectivity index (χ2n) is 6.66. The maximum absolute atomic E-state index is 3.68. The molecule has 2 heteroatoms. The van der Waals surface area contributed by atoms with Crippen molar-refractivity contribution in [3.05, 3.63) is 34.9 Å². The minimum Gasteiger partial charge on any atom is -0.309 e. The summed E-state index contributed by atoms with van der Waals surface area (Å²) in [5, 5.41) is 3.68. The van der Waals surface area contributed by atoms with Gasteiger partial charge >= 0.3 is 0 Å². The summed E-state index contributed by atoms with van der Waals surface area (Å²) < 4.78 is 0. The average molecular weight is 288 g/mol. The molecule has 2 atom stereocenters.